The van der Waals surface area contributed by atoms with Crippen LogP contribution in [0.15, 0.2) is 29.2 Å². The standard InChI is InChI=1S/C20H34O4SSi/c1-16-11-13-18(14-12-16)25(22)15-17(9-8-10-19(21)23-5)24-26(6,7)20(2,3)4/h11-14,17H,8-10,15H2,1-7H3/t17-,25?/m1/s1. The fraction of sp³-hybridized carbons (Fsp3) is 0.650. The number of ether oxygens (including phenoxy) is 1. The zero-order valence-electron chi connectivity index (χ0n) is 17.3. The SMILES string of the molecule is COC(=O)CCC[C@H](CS(=O)c1ccc(C)cc1)O[Si](C)(C)C(C)(C)C. The van der Waals surface area contributed by atoms with Crippen molar-refractivity contribution in [1.29, 1.82) is 0 Å². The summed E-state index contributed by atoms with van der Waals surface area (Å²) >= 11 is 0. The second-order valence-electron chi connectivity index (χ2n) is 8.29. The Morgan fingerprint density at radius 1 is 1.19 bits per heavy atom. The van der Waals surface area contributed by atoms with Crippen molar-refractivity contribution in [2.24, 2.45) is 0 Å². The lowest BCUT2D eigenvalue weighted by Gasteiger charge is -2.39. The van der Waals surface area contributed by atoms with Crippen molar-refractivity contribution < 1.29 is 18.2 Å². The van der Waals surface area contributed by atoms with Gasteiger partial charge in [-0.25, -0.2) is 0 Å². The molecule has 0 heterocycles. The largest absolute Gasteiger partial charge is 0.469 e. The topological polar surface area (TPSA) is 52.6 Å². The number of hydrogen-bond donors (Lipinski definition) is 0. The van der Waals surface area contributed by atoms with E-state index in [1.165, 1.54) is 7.11 Å². The van der Waals surface area contributed by atoms with Crippen LogP contribution < -0.4 is 0 Å². The smallest absolute Gasteiger partial charge is 0.305 e. The predicted molar refractivity (Wildman–Crippen MR) is 110 cm³/mol. The summed E-state index contributed by atoms with van der Waals surface area (Å²) in [6.07, 6.45) is 1.63. The minimum Gasteiger partial charge on any atom is -0.469 e. The third-order valence-corrected chi connectivity index (χ3v) is 11.0. The molecule has 0 fully saturated rings. The Morgan fingerprint density at radius 2 is 1.77 bits per heavy atom. The minimum atomic E-state index is -1.98. The molecule has 1 unspecified atom stereocenters. The Labute approximate surface area is 162 Å². The van der Waals surface area contributed by atoms with Gasteiger partial charge in [0.05, 0.1) is 29.8 Å². The van der Waals surface area contributed by atoms with Crippen LogP contribution in [-0.2, 0) is 24.8 Å². The summed E-state index contributed by atoms with van der Waals surface area (Å²) in [5.41, 5.74) is 1.15. The maximum Gasteiger partial charge on any atom is 0.305 e. The number of rotatable bonds is 9. The lowest BCUT2D eigenvalue weighted by atomic mass is 10.2. The number of benzene rings is 1. The lowest BCUT2D eigenvalue weighted by molar-refractivity contribution is -0.140. The van der Waals surface area contributed by atoms with Gasteiger partial charge in [-0.05, 0) is 50.0 Å². The lowest BCUT2D eigenvalue weighted by Crippen LogP contribution is -2.45. The Balaban J connectivity index is 2.83. The van der Waals surface area contributed by atoms with Crippen LogP contribution in [-0.4, -0.2) is 37.5 Å². The third-order valence-electron chi connectivity index (χ3n) is 5.02. The molecule has 0 spiro atoms. The number of carbonyl (C=O) groups is 1. The van der Waals surface area contributed by atoms with E-state index < -0.39 is 19.1 Å². The first-order valence-corrected chi connectivity index (χ1v) is 13.4. The second kappa shape index (κ2) is 9.81. The first-order chi connectivity index (χ1) is 12.0. The molecule has 0 saturated carbocycles. The van der Waals surface area contributed by atoms with Gasteiger partial charge in [0.25, 0.3) is 0 Å². The van der Waals surface area contributed by atoms with Crippen molar-refractivity contribution in [3.8, 4) is 0 Å². The fourth-order valence-electron chi connectivity index (χ4n) is 2.30. The van der Waals surface area contributed by atoms with Crippen LogP contribution in [0.5, 0.6) is 0 Å². The number of aryl methyl sites for hydroxylation is 1. The van der Waals surface area contributed by atoms with E-state index in [1.807, 2.05) is 31.2 Å². The zero-order chi connectivity index (χ0) is 20.0. The normalized spacial score (nSPS) is 14.7. The molecule has 0 aliphatic rings. The highest BCUT2D eigenvalue weighted by atomic mass is 32.2. The van der Waals surface area contributed by atoms with Crippen LogP contribution in [0, 0.1) is 6.92 Å². The van der Waals surface area contributed by atoms with Gasteiger partial charge in [-0.1, -0.05) is 38.5 Å². The number of hydrogen-bond acceptors (Lipinski definition) is 4. The van der Waals surface area contributed by atoms with E-state index >= 15 is 0 Å². The van der Waals surface area contributed by atoms with E-state index in [-0.39, 0.29) is 17.1 Å². The van der Waals surface area contributed by atoms with Gasteiger partial charge in [-0.3, -0.25) is 9.00 Å². The summed E-state index contributed by atoms with van der Waals surface area (Å²) in [5.74, 6) is 0.243. The summed E-state index contributed by atoms with van der Waals surface area (Å²) in [5, 5.41) is 0.0823. The molecule has 0 radical (unpaired) electrons. The first-order valence-electron chi connectivity index (χ1n) is 9.16. The summed E-state index contributed by atoms with van der Waals surface area (Å²) in [6.45, 7) is 13.0. The van der Waals surface area contributed by atoms with Gasteiger partial charge in [-0.15, -0.1) is 0 Å². The van der Waals surface area contributed by atoms with E-state index in [0.29, 0.717) is 25.0 Å². The average Bonchev–Trinajstić information content (AvgIpc) is 2.53. The van der Waals surface area contributed by atoms with Gasteiger partial charge in [0.2, 0.25) is 0 Å². The number of methoxy groups -OCH3 is 1. The van der Waals surface area contributed by atoms with Crippen LogP contribution in [0.4, 0.5) is 0 Å². The van der Waals surface area contributed by atoms with Crippen LogP contribution in [0.2, 0.25) is 18.1 Å². The van der Waals surface area contributed by atoms with E-state index in [2.05, 4.69) is 33.9 Å². The summed E-state index contributed by atoms with van der Waals surface area (Å²) in [7, 11) is -1.70. The molecule has 0 N–H and O–H groups in total. The molecule has 6 heteroatoms. The molecular formula is C20H34O4SSi. The molecule has 1 aromatic carbocycles. The van der Waals surface area contributed by atoms with E-state index in [1.54, 1.807) is 0 Å². The molecule has 2 atom stereocenters. The molecule has 0 aliphatic carbocycles. The minimum absolute atomic E-state index is 0.0823. The molecule has 26 heavy (non-hydrogen) atoms. The molecular weight excluding hydrogens is 364 g/mol. The Kier molecular flexibility index (Phi) is 8.70. The molecule has 0 aromatic heterocycles. The Bertz CT molecular complexity index is 605. The second-order valence-corrected chi connectivity index (χ2v) is 14.5. The van der Waals surface area contributed by atoms with Gasteiger partial charge in [-0.2, -0.15) is 0 Å². The van der Waals surface area contributed by atoms with E-state index in [0.717, 1.165) is 10.5 Å². The third kappa shape index (κ3) is 7.33. The molecule has 4 nitrogen and oxygen atoms in total. The summed E-state index contributed by atoms with van der Waals surface area (Å²) in [6, 6.07) is 7.80. The predicted octanol–water partition coefficient (Wildman–Crippen LogP) is 4.84. The molecule has 0 amide bonds. The highest BCUT2D eigenvalue weighted by molar-refractivity contribution is 7.85. The van der Waals surface area contributed by atoms with Crippen molar-refractivity contribution >= 4 is 25.1 Å². The van der Waals surface area contributed by atoms with Crippen molar-refractivity contribution in [1.82, 2.24) is 0 Å². The number of esters is 1. The molecule has 1 aromatic rings. The van der Waals surface area contributed by atoms with Crippen molar-refractivity contribution in [2.45, 2.75) is 76.1 Å². The van der Waals surface area contributed by atoms with Crippen LogP contribution in [0.1, 0.15) is 45.6 Å². The van der Waals surface area contributed by atoms with Gasteiger partial charge < -0.3 is 9.16 Å². The average molecular weight is 399 g/mol. The van der Waals surface area contributed by atoms with Gasteiger partial charge in [0, 0.05) is 11.3 Å². The zero-order valence-corrected chi connectivity index (χ0v) is 19.1. The Morgan fingerprint density at radius 3 is 2.27 bits per heavy atom. The molecule has 1 rings (SSSR count). The molecule has 0 saturated heterocycles. The van der Waals surface area contributed by atoms with E-state index in [9.17, 15) is 9.00 Å². The van der Waals surface area contributed by atoms with Crippen LogP contribution >= 0.6 is 0 Å². The van der Waals surface area contributed by atoms with Crippen LogP contribution in [0.3, 0.4) is 0 Å². The number of carbonyl (C=O) groups excluding carboxylic acids is 1. The monoisotopic (exact) mass is 398 g/mol. The van der Waals surface area contributed by atoms with Gasteiger partial charge in [0.15, 0.2) is 8.32 Å². The van der Waals surface area contributed by atoms with Gasteiger partial charge in [0.1, 0.15) is 0 Å². The van der Waals surface area contributed by atoms with Crippen molar-refractivity contribution in [3.63, 3.8) is 0 Å². The van der Waals surface area contributed by atoms with E-state index in [4.69, 9.17) is 9.16 Å². The maximum atomic E-state index is 12.8. The Hall–Kier alpha value is -0.983. The molecule has 148 valence electrons. The first kappa shape index (κ1) is 23.1. The molecule has 0 aliphatic heterocycles. The van der Waals surface area contributed by atoms with Crippen molar-refractivity contribution in [3.05, 3.63) is 29.8 Å². The maximum absolute atomic E-state index is 12.8. The highest BCUT2D eigenvalue weighted by Crippen LogP contribution is 2.38. The van der Waals surface area contributed by atoms with Gasteiger partial charge >= 0.3 is 5.97 Å². The van der Waals surface area contributed by atoms with Crippen LogP contribution in [0.25, 0.3) is 0 Å². The summed E-state index contributed by atoms with van der Waals surface area (Å²) in [4.78, 5) is 12.2. The summed E-state index contributed by atoms with van der Waals surface area (Å²) < 4.78 is 24.1. The highest BCUT2D eigenvalue weighted by Gasteiger charge is 2.39. The van der Waals surface area contributed by atoms with Crippen molar-refractivity contribution in [2.75, 3.05) is 12.9 Å². The molecule has 0 bridgehead atoms. The fourth-order valence-corrected chi connectivity index (χ4v) is 5.01. The quantitative estimate of drug-likeness (QED) is 0.441.